The molecule has 0 radical (unpaired) electrons. The third-order valence-electron chi connectivity index (χ3n) is 1.90. The monoisotopic (exact) mass is 273 g/mol. The predicted molar refractivity (Wildman–Crippen MR) is 54.5 cm³/mol. The molecule has 2 rings (SSSR count). The van der Waals surface area contributed by atoms with E-state index in [4.69, 9.17) is 4.52 Å². The lowest BCUT2D eigenvalue weighted by Gasteiger charge is -1.96. The second-order valence-electron chi connectivity index (χ2n) is 2.95. The van der Waals surface area contributed by atoms with Gasteiger partial charge in [0, 0.05) is 17.0 Å². The highest BCUT2D eigenvalue weighted by atomic mass is 79.9. The average molecular weight is 274 g/mol. The predicted octanol–water partition coefficient (Wildman–Crippen LogP) is 3.51. The summed E-state index contributed by atoms with van der Waals surface area (Å²) in [5, 5.41) is 4.28. The van der Waals surface area contributed by atoms with Crippen molar-refractivity contribution in [3.63, 3.8) is 0 Å². The van der Waals surface area contributed by atoms with Crippen molar-refractivity contribution in [1.82, 2.24) is 5.16 Å². The van der Waals surface area contributed by atoms with Gasteiger partial charge in [-0.05, 0) is 18.2 Å². The van der Waals surface area contributed by atoms with Crippen LogP contribution in [0, 0.1) is 11.6 Å². The highest BCUT2D eigenvalue weighted by molar-refractivity contribution is 9.08. The summed E-state index contributed by atoms with van der Waals surface area (Å²) < 4.78 is 30.5. The summed E-state index contributed by atoms with van der Waals surface area (Å²) in [6.07, 6.45) is 0. The van der Waals surface area contributed by atoms with Crippen molar-refractivity contribution in [2.24, 2.45) is 0 Å². The normalized spacial score (nSPS) is 10.6. The maximum atomic E-state index is 12.9. The van der Waals surface area contributed by atoms with Crippen LogP contribution in [-0.2, 0) is 5.33 Å². The summed E-state index contributed by atoms with van der Waals surface area (Å²) in [5.74, 6) is -1.35. The number of rotatable bonds is 2. The van der Waals surface area contributed by atoms with Crippen molar-refractivity contribution in [2.75, 3.05) is 0 Å². The molecule has 1 aromatic heterocycles. The van der Waals surface area contributed by atoms with E-state index in [-0.39, 0.29) is 0 Å². The third-order valence-corrected chi connectivity index (χ3v) is 2.47. The SMILES string of the molecule is Fc1ccc(-c2cc(CBr)no2)cc1F. The van der Waals surface area contributed by atoms with Crippen LogP contribution in [0.1, 0.15) is 5.69 Å². The number of hydrogen-bond donors (Lipinski definition) is 0. The molecule has 15 heavy (non-hydrogen) atoms. The van der Waals surface area contributed by atoms with Crippen LogP contribution in [-0.4, -0.2) is 5.16 Å². The van der Waals surface area contributed by atoms with E-state index in [0.29, 0.717) is 22.3 Å². The van der Waals surface area contributed by atoms with E-state index in [0.717, 1.165) is 12.1 Å². The van der Waals surface area contributed by atoms with E-state index in [1.807, 2.05) is 0 Å². The summed E-state index contributed by atoms with van der Waals surface area (Å²) in [4.78, 5) is 0. The maximum Gasteiger partial charge on any atom is 0.167 e. The summed E-state index contributed by atoms with van der Waals surface area (Å²) in [6.45, 7) is 0. The Balaban J connectivity index is 2.40. The van der Waals surface area contributed by atoms with Crippen LogP contribution in [0.15, 0.2) is 28.8 Å². The highest BCUT2D eigenvalue weighted by Gasteiger charge is 2.09. The van der Waals surface area contributed by atoms with Gasteiger partial charge in [0.1, 0.15) is 0 Å². The van der Waals surface area contributed by atoms with Crippen molar-refractivity contribution in [2.45, 2.75) is 5.33 Å². The molecule has 0 fully saturated rings. The summed E-state index contributed by atoms with van der Waals surface area (Å²) in [5.41, 5.74) is 1.17. The lowest BCUT2D eigenvalue weighted by molar-refractivity contribution is 0.426. The molecule has 0 aliphatic carbocycles. The Hall–Kier alpha value is -1.23. The van der Waals surface area contributed by atoms with Crippen LogP contribution in [0.5, 0.6) is 0 Å². The molecular formula is C10H6BrF2NO. The largest absolute Gasteiger partial charge is 0.356 e. The molecule has 1 aromatic carbocycles. The van der Waals surface area contributed by atoms with Crippen LogP contribution < -0.4 is 0 Å². The molecule has 0 spiro atoms. The van der Waals surface area contributed by atoms with Gasteiger partial charge in [0.25, 0.3) is 0 Å². The fraction of sp³-hybridized carbons (Fsp3) is 0.100. The van der Waals surface area contributed by atoms with Gasteiger partial charge in [0.05, 0.1) is 5.69 Å². The van der Waals surface area contributed by atoms with Crippen LogP contribution in [0.25, 0.3) is 11.3 Å². The zero-order valence-corrected chi connectivity index (χ0v) is 9.09. The van der Waals surface area contributed by atoms with Gasteiger partial charge in [-0.2, -0.15) is 0 Å². The van der Waals surface area contributed by atoms with Gasteiger partial charge in [-0.25, -0.2) is 8.78 Å². The molecular weight excluding hydrogens is 268 g/mol. The topological polar surface area (TPSA) is 26.0 Å². The quantitative estimate of drug-likeness (QED) is 0.783. The lowest BCUT2D eigenvalue weighted by Crippen LogP contribution is -1.83. The molecule has 5 heteroatoms. The fourth-order valence-electron chi connectivity index (χ4n) is 1.16. The molecule has 2 aromatic rings. The number of benzene rings is 1. The zero-order chi connectivity index (χ0) is 10.8. The number of alkyl halides is 1. The molecule has 78 valence electrons. The van der Waals surface area contributed by atoms with Gasteiger partial charge in [0.2, 0.25) is 0 Å². The highest BCUT2D eigenvalue weighted by Crippen LogP contribution is 2.22. The second-order valence-corrected chi connectivity index (χ2v) is 3.51. The van der Waals surface area contributed by atoms with E-state index in [1.165, 1.54) is 6.07 Å². The lowest BCUT2D eigenvalue weighted by atomic mass is 10.1. The maximum absolute atomic E-state index is 12.9. The molecule has 0 saturated carbocycles. The van der Waals surface area contributed by atoms with Crippen molar-refractivity contribution >= 4 is 15.9 Å². The molecule has 0 aliphatic rings. The molecule has 0 bridgehead atoms. The third kappa shape index (κ3) is 2.07. The van der Waals surface area contributed by atoms with Gasteiger partial charge in [-0.15, -0.1) is 0 Å². The average Bonchev–Trinajstić information content (AvgIpc) is 2.70. The summed E-state index contributed by atoms with van der Waals surface area (Å²) in [7, 11) is 0. The minimum Gasteiger partial charge on any atom is -0.356 e. The van der Waals surface area contributed by atoms with Crippen LogP contribution in [0.3, 0.4) is 0 Å². The number of aromatic nitrogens is 1. The van der Waals surface area contributed by atoms with Crippen LogP contribution in [0.2, 0.25) is 0 Å². The molecule has 0 aliphatic heterocycles. The first-order valence-electron chi connectivity index (χ1n) is 4.17. The zero-order valence-electron chi connectivity index (χ0n) is 7.51. The number of hydrogen-bond acceptors (Lipinski definition) is 2. The van der Waals surface area contributed by atoms with Crippen molar-refractivity contribution in [3.8, 4) is 11.3 Å². The number of nitrogens with zero attached hydrogens (tertiary/aromatic N) is 1. The van der Waals surface area contributed by atoms with Crippen molar-refractivity contribution in [1.29, 1.82) is 0 Å². The van der Waals surface area contributed by atoms with Crippen LogP contribution in [0.4, 0.5) is 8.78 Å². The Morgan fingerprint density at radius 1 is 1.20 bits per heavy atom. The van der Waals surface area contributed by atoms with Crippen LogP contribution >= 0.6 is 15.9 Å². The molecule has 0 N–H and O–H groups in total. The summed E-state index contributed by atoms with van der Waals surface area (Å²) >= 11 is 3.21. The molecule has 2 nitrogen and oxygen atoms in total. The first kappa shape index (κ1) is 10.3. The van der Waals surface area contributed by atoms with Gasteiger partial charge in [-0.1, -0.05) is 21.1 Å². The Morgan fingerprint density at radius 3 is 2.60 bits per heavy atom. The number of halogens is 3. The molecule has 0 saturated heterocycles. The van der Waals surface area contributed by atoms with Gasteiger partial charge >= 0.3 is 0 Å². The smallest absolute Gasteiger partial charge is 0.167 e. The molecule has 0 atom stereocenters. The van der Waals surface area contributed by atoms with Gasteiger partial charge in [-0.3, -0.25) is 0 Å². The minimum atomic E-state index is -0.899. The molecule has 1 heterocycles. The van der Waals surface area contributed by atoms with Gasteiger partial charge < -0.3 is 4.52 Å². The van der Waals surface area contributed by atoms with E-state index in [9.17, 15) is 8.78 Å². The van der Waals surface area contributed by atoms with Gasteiger partial charge in [0.15, 0.2) is 17.4 Å². The first-order chi connectivity index (χ1) is 7.20. The Bertz CT molecular complexity index is 484. The minimum absolute atomic E-state index is 0.420. The summed E-state index contributed by atoms with van der Waals surface area (Å²) in [6, 6.07) is 5.24. The van der Waals surface area contributed by atoms with E-state index in [2.05, 4.69) is 21.1 Å². The van der Waals surface area contributed by atoms with E-state index < -0.39 is 11.6 Å². The second kappa shape index (κ2) is 4.10. The Kier molecular flexibility index (Phi) is 2.81. The van der Waals surface area contributed by atoms with E-state index in [1.54, 1.807) is 6.07 Å². The van der Waals surface area contributed by atoms with E-state index >= 15 is 0 Å². The molecule has 0 amide bonds. The molecule has 0 unspecified atom stereocenters. The Morgan fingerprint density at radius 2 is 2.00 bits per heavy atom. The van der Waals surface area contributed by atoms with Crippen molar-refractivity contribution in [3.05, 3.63) is 41.6 Å². The Labute approximate surface area is 93.0 Å². The van der Waals surface area contributed by atoms with Crippen molar-refractivity contribution < 1.29 is 13.3 Å². The standard InChI is InChI=1S/C10H6BrF2NO/c11-5-7-4-10(15-14-7)6-1-2-8(12)9(13)3-6/h1-4H,5H2. The first-order valence-corrected chi connectivity index (χ1v) is 5.30. The fourth-order valence-corrected chi connectivity index (χ4v) is 1.42.